The van der Waals surface area contributed by atoms with Gasteiger partial charge in [-0.3, -0.25) is 4.79 Å². The predicted octanol–water partition coefficient (Wildman–Crippen LogP) is 6.90. The number of rotatable bonds is 7. The summed E-state index contributed by atoms with van der Waals surface area (Å²) in [6.45, 7) is 6.08. The number of thioether (sulfide) groups is 1. The summed E-state index contributed by atoms with van der Waals surface area (Å²) in [5, 5.41) is 9.34. The first-order chi connectivity index (χ1) is 17.5. The number of ketones is 1. The van der Waals surface area contributed by atoms with Crippen molar-refractivity contribution < 1.29 is 4.79 Å². The van der Waals surface area contributed by atoms with Gasteiger partial charge in [-0.05, 0) is 39.0 Å². The number of aromatic nitrogens is 4. The molecule has 6 heteroatoms. The molecule has 5 aromatic rings. The summed E-state index contributed by atoms with van der Waals surface area (Å²) >= 11 is 1.31. The van der Waals surface area contributed by atoms with Crippen LogP contribution in [0.5, 0.6) is 0 Å². The zero-order valence-electron chi connectivity index (χ0n) is 20.5. The number of carbonyl (C=O) groups excluding carboxylic acids is 1. The summed E-state index contributed by atoms with van der Waals surface area (Å²) in [5.74, 6) is 0.280. The van der Waals surface area contributed by atoms with Crippen LogP contribution in [0.2, 0.25) is 0 Å². The predicted molar refractivity (Wildman–Crippen MR) is 146 cm³/mol. The summed E-state index contributed by atoms with van der Waals surface area (Å²) in [7, 11) is 0. The van der Waals surface area contributed by atoms with Crippen LogP contribution in [0.15, 0.2) is 96.2 Å². The molecule has 0 N–H and O–H groups in total. The third-order valence-corrected chi connectivity index (χ3v) is 6.96. The van der Waals surface area contributed by atoms with Crippen molar-refractivity contribution in [2.24, 2.45) is 0 Å². The molecule has 0 saturated carbocycles. The Kier molecular flexibility index (Phi) is 6.78. The molecule has 0 bridgehead atoms. The Bertz CT molecular complexity index is 1510. The number of hydrogen-bond donors (Lipinski definition) is 0. The summed E-state index contributed by atoms with van der Waals surface area (Å²) in [4.78, 5) is 18.0. The molecule has 0 saturated heterocycles. The van der Waals surface area contributed by atoms with Crippen molar-refractivity contribution in [1.82, 2.24) is 19.7 Å². The molecule has 0 fully saturated rings. The van der Waals surface area contributed by atoms with E-state index < -0.39 is 0 Å². The first kappa shape index (κ1) is 23.7. The smallest absolute Gasteiger partial charge is 0.210 e. The highest BCUT2D eigenvalue weighted by atomic mass is 32.2. The maximum absolute atomic E-state index is 13.2. The van der Waals surface area contributed by atoms with Gasteiger partial charge in [-0.15, -0.1) is 10.2 Å². The van der Waals surface area contributed by atoms with E-state index in [9.17, 15) is 4.79 Å². The Hall–Kier alpha value is -4.03. The average molecular weight is 491 g/mol. The van der Waals surface area contributed by atoms with E-state index in [4.69, 9.17) is 4.98 Å². The maximum Gasteiger partial charge on any atom is 0.210 e. The van der Waals surface area contributed by atoms with Crippen LogP contribution in [-0.4, -0.2) is 31.3 Å². The fourth-order valence-electron chi connectivity index (χ4n) is 4.30. The molecular weight excluding hydrogens is 464 g/mol. The van der Waals surface area contributed by atoms with E-state index in [0.717, 1.165) is 45.2 Å². The molecule has 178 valence electrons. The van der Waals surface area contributed by atoms with Gasteiger partial charge in [0.25, 0.3) is 0 Å². The molecule has 5 nitrogen and oxygen atoms in total. The number of aryl methyl sites for hydroxylation is 2. The van der Waals surface area contributed by atoms with Crippen molar-refractivity contribution in [2.75, 3.05) is 5.75 Å². The lowest BCUT2D eigenvalue weighted by Gasteiger charge is -2.10. The van der Waals surface area contributed by atoms with Gasteiger partial charge in [0.15, 0.2) is 5.78 Å². The zero-order chi connectivity index (χ0) is 25.1. The lowest BCUT2D eigenvalue weighted by atomic mass is 10.0. The Labute approximate surface area is 215 Å². The Morgan fingerprint density at radius 3 is 2.03 bits per heavy atom. The van der Waals surface area contributed by atoms with Gasteiger partial charge in [0.2, 0.25) is 5.16 Å². The van der Waals surface area contributed by atoms with Crippen molar-refractivity contribution in [2.45, 2.75) is 25.9 Å². The van der Waals surface area contributed by atoms with E-state index >= 15 is 0 Å². The molecule has 0 aliphatic heterocycles. The van der Waals surface area contributed by atoms with Gasteiger partial charge in [-0.25, -0.2) is 4.98 Å². The normalized spacial score (nSPS) is 11.0. The molecular formula is C30H26N4OS. The minimum absolute atomic E-state index is 0.0449. The molecule has 0 unspecified atom stereocenters. The van der Waals surface area contributed by atoms with Crippen LogP contribution >= 0.6 is 11.8 Å². The Balaban J connectivity index is 1.41. The third kappa shape index (κ3) is 4.86. The second-order valence-electron chi connectivity index (χ2n) is 8.69. The quantitative estimate of drug-likeness (QED) is 0.183. The standard InChI is InChI=1S/C30H26N4OS/c1-20-14-16-25(17-15-20)34-21(2)18-26(22(34)3)27(35)19-36-30-31-28(23-10-6-4-7-11-23)29(32-33-30)24-12-8-5-9-13-24/h4-18H,19H2,1-3H3. The van der Waals surface area contributed by atoms with Crippen LogP contribution in [0.3, 0.4) is 0 Å². The highest BCUT2D eigenvalue weighted by Gasteiger charge is 2.19. The van der Waals surface area contributed by atoms with Crippen LogP contribution in [0.4, 0.5) is 0 Å². The van der Waals surface area contributed by atoms with Crippen molar-refractivity contribution in [3.8, 4) is 28.2 Å². The molecule has 0 radical (unpaired) electrons. The van der Waals surface area contributed by atoms with Gasteiger partial charge in [0.05, 0.1) is 5.75 Å². The topological polar surface area (TPSA) is 60.7 Å². The highest BCUT2D eigenvalue weighted by Crippen LogP contribution is 2.30. The van der Waals surface area contributed by atoms with Gasteiger partial charge in [0.1, 0.15) is 11.4 Å². The van der Waals surface area contributed by atoms with Crippen LogP contribution in [-0.2, 0) is 0 Å². The molecule has 0 aliphatic carbocycles. The molecule has 5 rings (SSSR count). The number of nitrogens with zero attached hydrogens (tertiary/aromatic N) is 4. The second-order valence-corrected chi connectivity index (χ2v) is 9.63. The van der Waals surface area contributed by atoms with Crippen molar-refractivity contribution in [1.29, 1.82) is 0 Å². The van der Waals surface area contributed by atoms with E-state index in [-0.39, 0.29) is 11.5 Å². The van der Waals surface area contributed by atoms with E-state index in [0.29, 0.717) is 5.16 Å². The Morgan fingerprint density at radius 2 is 1.39 bits per heavy atom. The molecule has 0 amide bonds. The van der Waals surface area contributed by atoms with E-state index in [1.807, 2.05) is 80.6 Å². The SMILES string of the molecule is Cc1ccc(-n2c(C)cc(C(=O)CSc3nnc(-c4ccccc4)c(-c4ccccc4)n3)c2C)cc1. The first-order valence-corrected chi connectivity index (χ1v) is 12.8. The lowest BCUT2D eigenvalue weighted by Crippen LogP contribution is -2.07. The molecule has 0 spiro atoms. The summed E-state index contributed by atoms with van der Waals surface area (Å²) < 4.78 is 2.12. The summed E-state index contributed by atoms with van der Waals surface area (Å²) in [6.07, 6.45) is 0. The zero-order valence-corrected chi connectivity index (χ0v) is 21.3. The fraction of sp³-hybridized carbons (Fsp3) is 0.133. The van der Waals surface area contributed by atoms with Crippen molar-refractivity contribution >= 4 is 17.5 Å². The van der Waals surface area contributed by atoms with Crippen LogP contribution in [0, 0.1) is 20.8 Å². The monoisotopic (exact) mass is 490 g/mol. The van der Waals surface area contributed by atoms with E-state index in [1.165, 1.54) is 17.3 Å². The Morgan fingerprint density at radius 1 is 0.778 bits per heavy atom. The first-order valence-electron chi connectivity index (χ1n) is 11.8. The fourth-order valence-corrected chi connectivity index (χ4v) is 4.97. The third-order valence-electron chi connectivity index (χ3n) is 6.12. The van der Waals surface area contributed by atoms with Gasteiger partial charge < -0.3 is 4.57 Å². The maximum atomic E-state index is 13.2. The van der Waals surface area contributed by atoms with E-state index in [2.05, 4.69) is 46.0 Å². The minimum Gasteiger partial charge on any atom is -0.318 e. The summed E-state index contributed by atoms with van der Waals surface area (Å²) in [5.41, 5.74) is 8.33. The number of hydrogen-bond acceptors (Lipinski definition) is 5. The molecule has 2 aromatic heterocycles. The molecule has 0 atom stereocenters. The highest BCUT2D eigenvalue weighted by molar-refractivity contribution is 7.99. The van der Waals surface area contributed by atoms with Crippen LogP contribution in [0.25, 0.3) is 28.2 Å². The minimum atomic E-state index is 0.0449. The molecule has 3 aromatic carbocycles. The number of Topliss-reactive ketones (excluding diaryl/α,β-unsaturated/α-hetero) is 1. The largest absolute Gasteiger partial charge is 0.318 e. The van der Waals surface area contributed by atoms with Gasteiger partial charge in [-0.1, -0.05) is 90.1 Å². The van der Waals surface area contributed by atoms with Crippen LogP contribution < -0.4 is 0 Å². The average Bonchev–Trinajstić information content (AvgIpc) is 3.22. The van der Waals surface area contributed by atoms with Crippen molar-refractivity contribution in [3.63, 3.8) is 0 Å². The lowest BCUT2D eigenvalue weighted by molar-refractivity contribution is 0.102. The van der Waals surface area contributed by atoms with E-state index in [1.54, 1.807) is 0 Å². The molecule has 2 heterocycles. The molecule has 0 aliphatic rings. The molecule has 36 heavy (non-hydrogen) atoms. The number of carbonyl (C=O) groups is 1. The van der Waals surface area contributed by atoms with Crippen molar-refractivity contribution in [3.05, 3.63) is 114 Å². The van der Waals surface area contributed by atoms with Gasteiger partial charge in [-0.2, -0.15) is 0 Å². The second kappa shape index (κ2) is 10.3. The van der Waals surface area contributed by atoms with Gasteiger partial charge >= 0.3 is 0 Å². The van der Waals surface area contributed by atoms with Crippen LogP contribution in [0.1, 0.15) is 27.3 Å². The van der Waals surface area contributed by atoms with Gasteiger partial charge in [0, 0.05) is 33.8 Å². The number of benzene rings is 3. The summed E-state index contributed by atoms with van der Waals surface area (Å²) in [6, 6.07) is 30.2.